The smallest absolute Gasteiger partial charge is 0.00683 e. The van der Waals surface area contributed by atoms with Gasteiger partial charge in [-0.2, -0.15) is 0 Å². The highest BCUT2D eigenvalue weighted by atomic mass is 14.9. The summed E-state index contributed by atoms with van der Waals surface area (Å²) in [5.74, 6) is 3.25. The average molecular weight is 207 g/mol. The molecule has 3 aliphatic rings. The molecule has 0 aromatic carbocycles. The van der Waals surface area contributed by atoms with Gasteiger partial charge in [0.15, 0.2) is 0 Å². The molecule has 3 fully saturated rings. The fourth-order valence-corrected chi connectivity index (χ4v) is 3.50. The van der Waals surface area contributed by atoms with Crippen LogP contribution in [0.5, 0.6) is 0 Å². The summed E-state index contributed by atoms with van der Waals surface area (Å²) in [4.78, 5) is 0. The first kappa shape index (κ1) is 10.1. The Morgan fingerprint density at radius 1 is 0.800 bits per heavy atom. The molecule has 0 heterocycles. The van der Waals surface area contributed by atoms with Crippen LogP contribution in [0.15, 0.2) is 0 Å². The SMILES string of the molecule is C1CCC(CC2CCC2CNC2CC2)C1. The van der Waals surface area contributed by atoms with E-state index in [0.717, 1.165) is 23.8 Å². The zero-order valence-corrected chi connectivity index (χ0v) is 9.88. The van der Waals surface area contributed by atoms with Crippen molar-refractivity contribution in [3.63, 3.8) is 0 Å². The molecule has 2 atom stereocenters. The van der Waals surface area contributed by atoms with Crippen molar-refractivity contribution in [2.24, 2.45) is 17.8 Å². The highest BCUT2D eigenvalue weighted by molar-refractivity contribution is 4.88. The van der Waals surface area contributed by atoms with Gasteiger partial charge < -0.3 is 5.32 Å². The summed E-state index contributed by atoms with van der Waals surface area (Å²) < 4.78 is 0. The molecule has 0 spiro atoms. The first-order valence-corrected chi connectivity index (χ1v) is 7.15. The van der Waals surface area contributed by atoms with Crippen molar-refractivity contribution in [1.29, 1.82) is 0 Å². The van der Waals surface area contributed by atoms with E-state index < -0.39 is 0 Å². The maximum atomic E-state index is 3.71. The van der Waals surface area contributed by atoms with Crippen molar-refractivity contribution in [2.75, 3.05) is 6.54 Å². The first-order chi connectivity index (χ1) is 7.42. The summed E-state index contributed by atoms with van der Waals surface area (Å²) in [6, 6.07) is 0.915. The van der Waals surface area contributed by atoms with Crippen molar-refractivity contribution in [1.82, 2.24) is 5.32 Å². The molecule has 1 heteroatoms. The molecule has 0 radical (unpaired) electrons. The minimum atomic E-state index is 0.915. The van der Waals surface area contributed by atoms with Crippen molar-refractivity contribution in [3.05, 3.63) is 0 Å². The summed E-state index contributed by atoms with van der Waals surface area (Å²) in [6.45, 7) is 1.34. The van der Waals surface area contributed by atoms with E-state index in [1.54, 1.807) is 19.3 Å². The minimum absolute atomic E-state index is 0.915. The minimum Gasteiger partial charge on any atom is -0.314 e. The maximum absolute atomic E-state index is 3.71. The third kappa shape index (κ3) is 2.55. The van der Waals surface area contributed by atoms with Crippen LogP contribution < -0.4 is 5.32 Å². The van der Waals surface area contributed by atoms with Crippen LogP contribution in [0.2, 0.25) is 0 Å². The quantitative estimate of drug-likeness (QED) is 0.729. The van der Waals surface area contributed by atoms with Crippen molar-refractivity contribution in [2.45, 2.75) is 63.8 Å². The van der Waals surface area contributed by atoms with Crippen LogP contribution >= 0.6 is 0 Å². The molecule has 0 aromatic heterocycles. The highest BCUT2D eigenvalue weighted by Crippen LogP contribution is 2.42. The lowest BCUT2D eigenvalue weighted by atomic mass is 9.69. The number of hydrogen-bond donors (Lipinski definition) is 1. The van der Waals surface area contributed by atoms with E-state index in [0.29, 0.717) is 0 Å². The van der Waals surface area contributed by atoms with E-state index in [1.807, 2.05) is 0 Å². The molecule has 1 nitrogen and oxygen atoms in total. The maximum Gasteiger partial charge on any atom is 0.00683 e. The van der Waals surface area contributed by atoms with Gasteiger partial charge in [-0.05, 0) is 56.4 Å². The van der Waals surface area contributed by atoms with Crippen LogP contribution in [0.25, 0.3) is 0 Å². The summed E-state index contributed by atoms with van der Waals surface area (Å²) >= 11 is 0. The normalized spacial score (nSPS) is 36.8. The molecule has 0 saturated heterocycles. The van der Waals surface area contributed by atoms with Crippen LogP contribution in [-0.4, -0.2) is 12.6 Å². The Morgan fingerprint density at radius 2 is 1.53 bits per heavy atom. The van der Waals surface area contributed by atoms with Gasteiger partial charge in [0.05, 0.1) is 0 Å². The molecule has 3 rings (SSSR count). The standard InChI is InChI=1S/C14H25N/c1-2-4-11(3-1)9-12-5-6-13(12)10-15-14-7-8-14/h11-15H,1-10H2. The molecule has 3 aliphatic carbocycles. The van der Waals surface area contributed by atoms with Crippen LogP contribution in [0.1, 0.15) is 57.8 Å². The summed E-state index contributed by atoms with van der Waals surface area (Å²) in [5, 5.41) is 3.71. The number of hydrogen-bond acceptors (Lipinski definition) is 1. The second kappa shape index (κ2) is 4.45. The van der Waals surface area contributed by atoms with Crippen LogP contribution in [0, 0.1) is 17.8 Å². The third-order valence-electron chi connectivity index (χ3n) is 4.93. The van der Waals surface area contributed by atoms with Gasteiger partial charge in [-0.25, -0.2) is 0 Å². The van der Waals surface area contributed by atoms with Crippen molar-refractivity contribution in [3.8, 4) is 0 Å². The van der Waals surface area contributed by atoms with Gasteiger partial charge >= 0.3 is 0 Å². The second-order valence-electron chi connectivity index (χ2n) is 6.17. The Bertz CT molecular complexity index is 203. The fourth-order valence-electron chi connectivity index (χ4n) is 3.50. The summed E-state index contributed by atoms with van der Waals surface area (Å²) in [6.07, 6.45) is 13.6. The van der Waals surface area contributed by atoms with E-state index in [1.165, 1.54) is 45.1 Å². The zero-order chi connectivity index (χ0) is 10.1. The molecule has 0 amide bonds. The van der Waals surface area contributed by atoms with Crippen LogP contribution in [0.4, 0.5) is 0 Å². The predicted molar refractivity (Wildman–Crippen MR) is 63.8 cm³/mol. The second-order valence-corrected chi connectivity index (χ2v) is 6.17. The van der Waals surface area contributed by atoms with E-state index in [2.05, 4.69) is 5.32 Å². The predicted octanol–water partition coefficient (Wildman–Crippen LogP) is 3.34. The topological polar surface area (TPSA) is 12.0 Å². The van der Waals surface area contributed by atoms with Crippen molar-refractivity contribution < 1.29 is 0 Å². The molecule has 0 aliphatic heterocycles. The first-order valence-electron chi connectivity index (χ1n) is 7.15. The van der Waals surface area contributed by atoms with Gasteiger partial charge in [-0.15, -0.1) is 0 Å². The molecule has 86 valence electrons. The Hall–Kier alpha value is -0.0400. The lowest BCUT2D eigenvalue weighted by Crippen LogP contribution is -2.36. The van der Waals surface area contributed by atoms with E-state index in [9.17, 15) is 0 Å². The lowest BCUT2D eigenvalue weighted by molar-refractivity contribution is 0.138. The van der Waals surface area contributed by atoms with Gasteiger partial charge in [0.1, 0.15) is 0 Å². The molecule has 0 aromatic rings. The zero-order valence-electron chi connectivity index (χ0n) is 9.88. The van der Waals surface area contributed by atoms with E-state index >= 15 is 0 Å². The van der Waals surface area contributed by atoms with E-state index in [4.69, 9.17) is 0 Å². The molecule has 1 N–H and O–H groups in total. The Morgan fingerprint density at radius 3 is 2.13 bits per heavy atom. The Kier molecular flexibility index (Phi) is 3.01. The fraction of sp³-hybridized carbons (Fsp3) is 1.00. The molecule has 15 heavy (non-hydrogen) atoms. The van der Waals surface area contributed by atoms with Gasteiger partial charge in [-0.3, -0.25) is 0 Å². The third-order valence-corrected chi connectivity index (χ3v) is 4.93. The molecule has 0 bridgehead atoms. The number of rotatable bonds is 5. The van der Waals surface area contributed by atoms with E-state index in [-0.39, 0.29) is 0 Å². The van der Waals surface area contributed by atoms with Crippen LogP contribution in [0.3, 0.4) is 0 Å². The molecule has 3 saturated carbocycles. The largest absolute Gasteiger partial charge is 0.314 e. The lowest BCUT2D eigenvalue weighted by Gasteiger charge is -2.38. The average Bonchev–Trinajstić information content (AvgIpc) is 2.90. The monoisotopic (exact) mass is 207 g/mol. The molecular weight excluding hydrogens is 182 g/mol. The Balaban J connectivity index is 1.37. The Labute approximate surface area is 94.0 Å². The highest BCUT2D eigenvalue weighted by Gasteiger charge is 2.34. The summed E-state index contributed by atoms with van der Waals surface area (Å²) in [5.41, 5.74) is 0. The molecule has 2 unspecified atom stereocenters. The van der Waals surface area contributed by atoms with Gasteiger partial charge in [0.25, 0.3) is 0 Å². The van der Waals surface area contributed by atoms with Gasteiger partial charge in [0.2, 0.25) is 0 Å². The summed E-state index contributed by atoms with van der Waals surface area (Å²) in [7, 11) is 0. The van der Waals surface area contributed by atoms with Crippen molar-refractivity contribution >= 4 is 0 Å². The van der Waals surface area contributed by atoms with Gasteiger partial charge in [-0.1, -0.05) is 25.7 Å². The van der Waals surface area contributed by atoms with Gasteiger partial charge in [0, 0.05) is 6.04 Å². The molecular formula is C14H25N. The number of nitrogens with one attached hydrogen (secondary N) is 1. The van der Waals surface area contributed by atoms with Crippen LogP contribution in [-0.2, 0) is 0 Å².